The summed E-state index contributed by atoms with van der Waals surface area (Å²) < 4.78 is 22.0. The first-order valence-corrected chi connectivity index (χ1v) is 10.2. The van der Waals surface area contributed by atoms with Gasteiger partial charge in [0.15, 0.2) is 12.2 Å². The minimum Gasteiger partial charge on any atom is -0.463 e. The van der Waals surface area contributed by atoms with Crippen molar-refractivity contribution in [2.45, 2.75) is 62.4 Å². The number of ether oxygens (including phenoxy) is 4. The first-order chi connectivity index (χ1) is 14.2. The average Bonchev–Trinajstić information content (AvgIpc) is 3.01. The van der Waals surface area contributed by atoms with E-state index in [1.54, 1.807) is 0 Å². The van der Waals surface area contributed by atoms with Gasteiger partial charge in [0.05, 0.1) is 0 Å². The third-order valence-electron chi connectivity index (χ3n) is 4.71. The van der Waals surface area contributed by atoms with Gasteiger partial charge in [-0.05, 0) is 19.1 Å². The van der Waals surface area contributed by atoms with Crippen molar-refractivity contribution in [2.24, 2.45) is 0 Å². The predicted octanol–water partition coefficient (Wildman–Crippen LogP) is 2.04. The summed E-state index contributed by atoms with van der Waals surface area (Å²) in [7, 11) is 0. The molecule has 0 unspecified atom stereocenters. The van der Waals surface area contributed by atoms with Crippen LogP contribution in [0.25, 0.3) is 0 Å². The Morgan fingerprint density at radius 3 is 2.33 bits per heavy atom. The average molecular weight is 437 g/mol. The number of fused-ring (bicyclic) bond motifs is 1. The van der Waals surface area contributed by atoms with Gasteiger partial charge in [0, 0.05) is 25.7 Å². The molecule has 0 saturated carbocycles. The third-order valence-corrected chi connectivity index (χ3v) is 5.88. The lowest BCUT2D eigenvalue weighted by atomic mass is 9.97. The summed E-state index contributed by atoms with van der Waals surface area (Å²) in [5, 5.41) is 0. The monoisotopic (exact) mass is 437 g/mol. The van der Waals surface area contributed by atoms with Crippen LogP contribution in [0.3, 0.4) is 0 Å². The van der Waals surface area contributed by atoms with E-state index in [2.05, 4.69) is 0 Å². The number of rotatable bonds is 5. The summed E-state index contributed by atoms with van der Waals surface area (Å²) in [5.41, 5.74) is 0.356. The molecule has 0 radical (unpaired) electrons. The van der Waals surface area contributed by atoms with Gasteiger partial charge < -0.3 is 18.9 Å². The molecule has 0 bridgehead atoms. The fourth-order valence-corrected chi connectivity index (χ4v) is 4.62. The molecule has 3 rings (SSSR count). The number of carbonyl (C=O) groups is 4. The topological polar surface area (TPSA) is 108 Å². The second-order valence-electron chi connectivity index (χ2n) is 7.08. The molecule has 2 amide bonds. The first kappa shape index (κ1) is 22.1. The Bertz CT molecular complexity index is 842. The highest BCUT2D eigenvalue weighted by molar-refractivity contribution is 7.99. The number of amides is 2. The van der Waals surface area contributed by atoms with Crippen LogP contribution >= 0.6 is 11.8 Å². The molecular weight excluding hydrogens is 414 g/mol. The van der Waals surface area contributed by atoms with E-state index in [1.165, 1.54) is 32.5 Å². The van der Waals surface area contributed by atoms with Gasteiger partial charge in [-0.3, -0.25) is 14.4 Å². The summed E-state index contributed by atoms with van der Waals surface area (Å²) in [5.74, 6) is -1.65. The fourth-order valence-electron chi connectivity index (χ4n) is 3.45. The molecule has 162 valence electrons. The molecule has 1 aromatic carbocycles. The molecule has 30 heavy (non-hydrogen) atoms. The SMILES string of the molecule is CC(=O)OC[C@H]1O[C@@H](Sc2ccc(C)cc2)[C@H]2[C@@H](OC(=O)N2C(C)=O)[C@@H]1OC(C)=O. The number of carbonyl (C=O) groups excluding carboxylic acids is 4. The lowest BCUT2D eigenvalue weighted by Gasteiger charge is -2.42. The van der Waals surface area contributed by atoms with Crippen molar-refractivity contribution in [3.8, 4) is 0 Å². The van der Waals surface area contributed by atoms with Gasteiger partial charge in [0.1, 0.15) is 24.2 Å². The summed E-state index contributed by atoms with van der Waals surface area (Å²) in [6, 6.07) is 6.83. The maximum atomic E-state index is 12.4. The van der Waals surface area contributed by atoms with Gasteiger partial charge in [-0.15, -0.1) is 0 Å². The van der Waals surface area contributed by atoms with E-state index in [0.717, 1.165) is 15.4 Å². The molecule has 10 heteroatoms. The molecule has 5 atom stereocenters. The molecule has 2 fully saturated rings. The van der Waals surface area contributed by atoms with Crippen LogP contribution in [0.15, 0.2) is 29.2 Å². The Hall–Kier alpha value is -2.59. The lowest BCUT2D eigenvalue weighted by molar-refractivity contribution is -0.196. The number of esters is 2. The van der Waals surface area contributed by atoms with Crippen molar-refractivity contribution in [2.75, 3.05) is 6.61 Å². The number of hydrogen-bond donors (Lipinski definition) is 0. The van der Waals surface area contributed by atoms with Crippen molar-refractivity contribution in [1.29, 1.82) is 0 Å². The summed E-state index contributed by atoms with van der Waals surface area (Å²) >= 11 is 1.30. The Kier molecular flexibility index (Phi) is 6.67. The van der Waals surface area contributed by atoms with Gasteiger partial charge >= 0.3 is 18.0 Å². The van der Waals surface area contributed by atoms with Crippen LogP contribution in [-0.2, 0) is 33.3 Å². The van der Waals surface area contributed by atoms with Crippen LogP contribution in [0, 0.1) is 6.92 Å². The number of nitrogens with zero attached hydrogens (tertiary/aromatic N) is 1. The number of thioether (sulfide) groups is 1. The van der Waals surface area contributed by atoms with E-state index in [0.29, 0.717) is 0 Å². The molecule has 9 nitrogen and oxygen atoms in total. The maximum Gasteiger partial charge on any atom is 0.417 e. The highest BCUT2D eigenvalue weighted by atomic mass is 32.2. The maximum absolute atomic E-state index is 12.4. The van der Waals surface area contributed by atoms with Crippen molar-refractivity contribution in [1.82, 2.24) is 4.90 Å². The van der Waals surface area contributed by atoms with E-state index < -0.39 is 53.7 Å². The number of imide groups is 1. The fraction of sp³-hybridized carbons (Fsp3) is 0.500. The number of hydrogen-bond acceptors (Lipinski definition) is 9. The molecule has 2 saturated heterocycles. The minimum atomic E-state index is -1.03. The van der Waals surface area contributed by atoms with Crippen molar-refractivity contribution >= 4 is 35.7 Å². The second-order valence-corrected chi connectivity index (χ2v) is 8.25. The molecule has 2 heterocycles. The summed E-state index contributed by atoms with van der Waals surface area (Å²) in [4.78, 5) is 49.4. The molecule has 2 aliphatic rings. The lowest BCUT2D eigenvalue weighted by Crippen LogP contribution is -2.61. The van der Waals surface area contributed by atoms with E-state index in [-0.39, 0.29) is 6.61 Å². The highest BCUT2D eigenvalue weighted by Gasteiger charge is 2.59. The van der Waals surface area contributed by atoms with Gasteiger partial charge in [0.2, 0.25) is 5.91 Å². The van der Waals surface area contributed by atoms with E-state index in [9.17, 15) is 19.2 Å². The van der Waals surface area contributed by atoms with Crippen LogP contribution in [0.2, 0.25) is 0 Å². The van der Waals surface area contributed by atoms with Crippen LogP contribution in [-0.4, -0.2) is 65.2 Å². The van der Waals surface area contributed by atoms with Gasteiger partial charge in [-0.25, -0.2) is 9.69 Å². The third kappa shape index (κ3) is 4.76. The largest absolute Gasteiger partial charge is 0.463 e. The zero-order chi connectivity index (χ0) is 22.0. The zero-order valence-electron chi connectivity index (χ0n) is 17.0. The van der Waals surface area contributed by atoms with Gasteiger partial charge in [-0.1, -0.05) is 29.5 Å². The highest BCUT2D eigenvalue weighted by Crippen LogP contribution is 2.41. The Morgan fingerprint density at radius 1 is 1.10 bits per heavy atom. The van der Waals surface area contributed by atoms with Crippen LogP contribution in [0.4, 0.5) is 4.79 Å². The molecular formula is C20H23NO8S. The Balaban J connectivity index is 1.95. The van der Waals surface area contributed by atoms with Crippen molar-refractivity contribution < 1.29 is 38.1 Å². The molecule has 0 spiro atoms. The van der Waals surface area contributed by atoms with Crippen LogP contribution < -0.4 is 0 Å². The number of benzene rings is 1. The summed E-state index contributed by atoms with van der Waals surface area (Å²) in [6.45, 7) is 5.48. The standard InChI is InChI=1S/C20H23NO8S/c1-10-5-7-14(8-6-10)30-19-16-18(29-20(25)21(16)11(2)22)17(27-13(4)24)15(28-19)9-26-12(3)23/h5-8,15-19H,9H2,1-4H3/t15-,16-,17-,18-,19+/m1/s1. The summed E-state index contributed by atoms with van der Waals surface area (Å²) in [6.07, 6.45) is -3.69. The van der Waals surface area contributed by atoms with E-state index in [4.69, 9.17) is 18.9 Å². The minimum absolute atomic E-state index is 0.195. The zero-order valence-corrected chi connectivity index (χ0v) is 17.8. The normalized spacial score (nSPS) is 27.8. The Morgan fingerprint density at radius 2 is 1.77 bits per heavy atom. The second kappa shape index (κ2) is 9.05. The van der Waals surface area contributed by atoms with E-state index >= 15 is 0 Å². The molecule has 1 aromatic rings. The van der Waals surface area contributed by atoms with Crippen LogP contribution in [0.5, 0.6) is 0 Å². The quantitative estimate of drug-likeness (QED) is 0.505. The van der Waals surface area contributed by atoms with Gasteiger partial charge in [-0.2, -0.15) is 0 Å². The number of aryl methyl sites for hydroxylation is 1. The first-order valence-electron chi connectivity index (χ1n) is 9.37. The van der Waals surface area contributed by atoms with Crippen molar-refractivity contribution in [3.05, 3.63) is 29.8 Å². The smallest absolute Gasteiger partial charge is 0.417 e. The molecule has 2 aliphatic heterocycles. The molecule has 0 N–H and O–H groups in total. The van der Waals surface area contributed by atoms with Crippen LogP contribution in [0.1, 0.15) is 26.3 Å². The molecule has 0 aromatic heterocycles. The molecule has 0 aliphatic carbocycles. The van der Waals surface area contributed by atoms with Crippen molar-refractivity contribution in [3.63, 3.8) is 0 Å². The predicted molar refractivity (Wildman–Crippen MR) is 104 cm³/mol. The van der Waals surface area contributed by atoms with Gasteiger partial charge in [0.25, 0.3) is 0 Å². The Labute approximate surface area is 178 Å². The van der Waals surface area contributed by atoms with E-state index in [1.807, 2.05) is 31.2 Å².